The molecular formula is C18H30N2O. The summed E-state index contributed by atoms with van der Waals surface area (Å²) in [5.74, 6) is 0. The molecule has 1 heterocycles. The summed E-state index contributed by atoms with van der Waals surface area (Å²) in [5, 5.41) is 3.71. The van der Waals surface area contributed by atoms with Gasteiger partial charge in [0.1, 0.15) is 0 Å². The van der Waals surface area contributed by atoms with Crippen LogP contribution < -0.4 is 5.32 Å². The van der Waals surface area contributed by atoms with E-state index in [0.29, 0.717) is 6.04 Å². The first-order valence-corrected chi connectivity index (χ1v) is 7.85. The number of hydrogen-bond acceptors (Lipinski definition) is 3. The van der Waals surface area contributed by atoms with E-state index in [1.54, 1.807) is 0 Å². The lowest BCUT2D eigenvalue weighted by Crippen LogP contribution is -2.43. The molecule has 1 aromatic rings. The molecule has 3 heteroatoms. The Labute approximate surface area is 129 Å². The van der Waals surface area contributed by atoms with Crippen LogP contribution >= 0.6 is 0 Å². The van der Waals surface area contributed by atoms with Gasteiger partial charge in [0.15, 0.2) is 0 Å². The molecule has 1 aliphatic rings. The van der Waals surface area contributed by atoms with Crippen molar-refractivity contribution in [1.29, 1.82) is 0 Å². The zero-order chi connectivity index (χ0) is 15.7. The topological polar surface area (TPSA) is 24.5 Å². The zero-order valence-corrected chi connectivity index (χ0v) is 14.4. The Hall–Kier alpha value is -0.900. The highest BCUT2D eigenvalue weighted by molar-refractivity contribution is 5.27. The molecule has 118 valence electrons. The van der Waals surface area contributed by atoms with Crippen LogP contribution in [0, 0.1) is 0 Å². The maximum Gasteiger partial charge on any atom is 0.0787 e. The number of nitrogens with one attached hydrogen (secondary N) is 1. The van der Waals surface area contributed by atoms with E-state index in [9.17, 15) is 0 Å². The third-order valence-electron chi connectivity index (χ3n) is 4.22. The van der Waals surface area contributed by atoms with Crippen molar-refractivity contribution in [2.75, 3.05) is 14.1 Å². The predicted octanol–water partition coefficient (Wildman–Crippen LogP) is 3.18. The van der Waals surface area contributed by atoms with E-state index in [4.69, 9.17) is 4.74 Å². The number of benzene rings is 1. The van der Waals surface area contributed by atoms with Gasteiger partial charge in [0.2, 0.25) is 0 Å². The Morgan fingerprint density at radius 2 is 1.76 bits per heavy atom. The maximum absolute atomic E-state index is 6.16. The van der Waals surface area contributed by atoms with Crippen LogP contribution in [0.25, 0.3) is 0 Å². The SMILES string of the molecule is CN(C)Cc1ccccc1CNC1CC(C)(C)OC1(C)C. The van der Waals surface area contributed by atoms with E-state index in [-0.39, 0.29) is 11.2 Å². The third kappa shape index (κ3) is 4.29. The average molecular weight is 290 g/mol. The van der Waals surface area contributed by atoms with Crippen molar-refractivity contribution in [1.82, 2.24) is 10.2 Å². The van der Waals surface area contributed by atoms with Crippen LogP contribution in [0.5, 0.6) is 0 Å². The lowest BCUT2D eigenvalue weighted by molar-refractivity contribution is -0.0699. The largest absolute Gasteiger partial charge is 0.368 e. The second-order valence-electron chi connectivity index (χ2n) is 7.61. The van der Waals surface area contributed by atoms with Crippen molar-refractivity contribution in [3.8, 4) is 0 Å². The summed E-state index contributed by atoms with van der Waals surface area (Å²) in [4.78, 5) is 2.21. The van der Waals surface area contributed by atoms with Gasteiger partial charge in [-0.2, -0.15) is 0 Å². The molecular weight excluding hydrogens is 260 g/mol. The summed E-state index contributed by atoms with van der Waals surface area (Å²) < 4.78 is 6.16. The Morgan fingerprint density at radius 1 is 1.14 bits per heavy atom. The van der Waals surface area contributed by atoms with Crippen LogP contribution in [0.1, 0.15) is 45.2 Å². The van der Waals surface area contributed by atoms with Crippen LogP contribution in [0.15, 0.2) is 24.3 Å². The molecule has 1 atom stereocenters. The van der Waals surface area contributed by atoms with E-state index in [1.807, 2.05) is 0 Å². The first kappa shape index (κ1) is 16.5. The molecule has 21 heavy (non-hydrogen) atoms. The fourth-order valence-corrected chi connectivity index (χ4v) is 3.34. The first-order valence-electron chi connectivity index (χ1n) is 7.85. The van der Waals surface area contributed by atoms with Gasteiger partial charge in [-0.25, -0.2) is 0 Å². The molecule has 1 aromatic carbocycles. The van der Waals surface area contributed by atoms with E-state index >= 15 is 0 Å². The summed E-state index contributed by atoms with van der Waals surface area (Å²) in [6.07, 6.45) is 1.05. The van der Waals surface area contributed by atoms with Gasteiger partial charge in [-0.1, -0.05) is 24.3 Å². The van der Waals surface area contributed by atoms with Gasteiger partial charge in [-0.05, 0) is 59.3 Å². The monoisotopic (exact) mass is 290 g/mol. The van der Waals surface area contributed by atoms with Crippen LogP contribution in [0.4, 0.5) is 0 Å². The lowest BCUT2D eigenvalue weighted by Gasteiger charge is -2.28. The molecule has 1 unspecified atom stereocenters. The Morgan fingerprint density at radius 3 is 2.29 bits per heavy atom. The van der Waals surface area contributed by atoms with Gasteiger partial charge >= 0.3 is 0 Å². The second kappa shape index (κ2) is 6.07. The zero-order valence-electron chi connectivity index (χ0n) is 14.4. The Bertz CT molecular complexity index is 480. The van der Waals surface area contributed by atoms with Gasteiger partial charge < -0.3 is 15.0 Å². The number of hydrogen-bond donors (Lipinski definition) is 1. The van der Waals surface area contributed by atoms with Crippen molar-refractivity contribution in [3.63, 3.8) is 0 Å². The van der Waals surface area contributed by atoms with Crippen LogP contribution in [0.2, 0.25) is 0 Å². The van der Waals surface area contributed by atoms with Crippen LogP contribution in [-0.2, 0) is 17.8 Å². The summed E-state index contributed by atoms with van der Waals surface area (Å²) in [6, 6.07) is 9.07. The molecule has 1 fully saturated rings. The number of rotatable bonds is 5. The van der Waals surface area contributed by atoms with Crippen LogP contribution in [-0.4, -0.2) is 36.2 Å². The van der Waals surface area contributed by atoms with Gasteiger partial charge in [0, 0.05) is 19.1 Å². The predicted molar refractivity (Wildman–Crippen MR) is 88.3 cm³/mol. The van der Waals surface area contributed by atoms with Gasteiger partial charge in [0.05, 0.1) is 11.2 Å². The third-order valence-corrected chi connectivity index (χ3v) is 4.22. The van der Waals surface area contributed by atoms with E-state index in [2.05, 4.69) is 76.3 Å². The molecule has 0 spiro atoms. The fourth-order valence-electron chi connectivity index (χ4n) is 3.34. The van der Waals surface area contributed by atoms with Crippen molar-refractivity contribution >= 4 is 0 Å². The molecule has 0 bridgehead atoms. The highest BCUT2D eigenvalue weighted by Gasteiger charge is 2.45. The number of ether oxygens (including phenoxy) is 1. The molecule has 0 saturated carbocycles. The minimum absolute atomic E-state index is 0.0374. The standard InChI is InChI=1S/C18H30N2O/c1-17(2)11-16(18(3,4)21-17)19-12-14-9-7-8-10-15(14)13-20(5)6/h7-10,16,19H,11-13H2,1-6H3. The molecule has 0 aliphatic carbocycles. The van der Waals surface area contributed by atoms with Gasteiger partial charge in [-0.3, -0.25) is 0 Å². The quantitative estimate of drug-likeness (QED) is 0.901. The molecule has 0 aromatic heterocycles. The molecule has 2 rings (SSSR count). The van der Waals surface area contributed by atoms with Gasteiger partial charge in [-0.15, -0.1) is 0 Å². The molecule has 0 amide bonds. The molecule has 3 nitrogen and oxygen atoms in total. The summed E-state index contributed by atoms with van der Waals surface area (Å²) in [5.41, 5.74) is 2.63. The minimum atomic E-state index is -0.111. The highest BCUT2D eigenvalue weighted by Crippen LogP contribution is 2.37. The normalized spacial score (nSPS) is 23.7. The first-order chi connectivity index (χ1) is 9.70. The lowest BCUT2D eigenvalue weighted by atomic mass is 9.94. The van der Waals surface area contributed by atoms with E-state index in [1.165, 1.54) is 11.1 Å². The van der Waals surface area contributed by atoms with Crippen molar-refractivity contribution in [3.05, 3.63) is 35.4 Å². The molecule has 1 aliphatic heterocycles. The van der Waals surface area contributed by atoms with Crippen molar-refractivity contribution in [2.24, 2.45) is 0 Å². The number of nitrogens with zero attached hydrogens (tertiary/aromatic N) is 1. The Balaban J connectivity index is 2.04. The maximum atomic E-state index is 6.16. The van der Waals surface area contributed by atoms with Crippen LogP contribution in [0.3, 0.4) is 0 Å². The van der Waals surface area contributed by atoms with E-state index < -0.39 is 0 Å². The van der Waals surface area contributed by atoms with Gasteiger partial charge in [0.25, 0.3) is 0 Å². The highest BCUT2D eigenvalue weighted by atomic mass is 16.5. The fraction of sp³-hybridized carbons (Fsp3) is 0.667. The average Bonchev–Trinajstić information content (AvgIpc) is 2.55. The molecule has 1 saturated heterocycles. The summed E-state index contributed by atoms with van der Waals surface area (Å²) in [6.45, 7) is 10.6. The Kier molecular flexibility index (Phi) is 4.76. The minimum Gasteiger partial charge on any atom is -0.368 e. The molecule has 1 N–H and O–H groups in total. The van der Waals surface area contributed by atoms with Crippen molar-refractivity contribution in [2.45, 2.75) is 64.4 Å². The second-order valence-corrected chi connectivity index (χ2v) is 7.61. The summed E-state index contributed by atoms with van der Waals surface area (Å²) in [7, 11) is 4.22. The van der Waals surface area contributed by atoms with Crippen molar-refractivity contribution < 1.29 is 4.74 Å². The van der Waals surface area contributed by atoms with E-state index in [0.717, 1.165) is 19.5 Å². The summed E-state index contributed by atoms with van der Waals surface area (Å²) >= 11 is 0. The molecule has 0 radical (unpaired) electrons. The smallest absolute Gasteiger partial charge is 0.0787 e.